The first kappa shape index (κ1) is 12.4. The van der Waals surface area contributed by atoms with Gasteiger partial charge in [-0.2, -0.15) is 0 Å². The number of hydrogen-bond donors (Lipinski definition) is 1. The van der Waals surface area contributed by atoms with Crippen LogP contribution in [0, 0.1) is 0 Å². The zero-order valence-electron chi connectivity index (χ0n) is 11.2. The number of Topliss-reactive ketones (excluding diaryl/α,β-unsaturated/α-hetero) is 1. The van der Waals surface area contributed by atoms with Crippen LogP contribution in [0.4, 0.5) is 0 Å². The van der Waals surface area contributed by atoms with Gasteiger partial charge in [-0.15, -0.1) is 0 Å². The van der Waals surface area contributed by atoms with E-state index in [0.29, 0.717) is 23.3 Å². The Labute approximate surface area is 102 Å². The molecule has 0 bridgehead atoms. The highest BCUT2D eigenvalue weighted by Gasteiger charge is 2.44. The fraction of sp³-hybridized carbons (Fsp3) is 0.643. The van der Waals surface area contributed by atoms with Gasteiger partial charge >= 0.3 is 0 Å². The average Bonchev–Trinajstić information content (AvgIpc) is 2.23. The first-order valence-electron chi connectivity index (χ1n) is 6.04. The Hall–Kier alpha value is -1.09. The van der Waals surface area contributed by atoms with Crippen molar-refractivity contribution in [3.05, 3.63) is 22.5 Å². The molecule has 1 unspecified atom stereocenters. The largest absolute Gasteiger partial charge is 0.487 e. The summed E-state index contributed by atoms with van der Waals surface area (Å²) in [5.41, 5.74) is 0.645. The van der Waals surface area contributed by atoms with E-state index in [1.165, 1.54) is 0 Å². The minimum atomic E-state index is -1.37. The third kappa shape index (κ3) is 1.73. The lowest BCUT2D eigenvalue weighted by Gasteiger charge is -2.40. The van der Waals surface area contributed by atoms with Gasteiger partial charge in [0.25, 0.3) is 0 Å². The summed E-state index contributed by atoms with van der Waals surface area (Å²) < 4.78 is 5.91. The molecular weight excluding hydrogens is 216 g/mol. The number of ether oxygens (including phenoxy) is 1. The smallest absolute Gasteiger partial charge is 0.197 e. The van der Waals surface area contributed by atoms with Crippen molar-refractivity contribution in [3.63, 3.8) is 0 Å². The average molecular weight is 236 g/mol. The molecule has 0 saturated carbocycles. The molecule has 0 radical (unpaired) electrons. The lowest BCUT2D eigenvalue weighted by molar-refractivity contribution is -0.130. The van der Waals surface area contributed by atoms with Crippen molar-refractivity contribution in [1.29, 1.82) is 0 Å². The molecule has 1 aliphatic heterocycles. The van der Waals surface area contributed by atoms with Gasteiger partial charge in [0.1, 0.15) is 17.0 Å². The maximum atomic E-state index is 12.2. The van der Waals surface area contributed by atoms with Crippen LogP contribution in [0.15, 0.2) is 22.5 Å². The van der Waals surface area contributed by atoms with Gasteiger partial charge in [-0.3, -0.25) is 4.79 Å². The number of allylic oxidation sites excluding steroid dienone is 1. The minimum Gasteiger partial charge on any atom is -0.487 e. The van der Waals surface area contributed by atoms with E-state index in [2.05, 4.69) is 0 Å². The fourth-order valence-electron chi connectivity index (χ4n) is 2.45. The Kier molecular flexibility index (Phi) is 2.51. The molecule has 3 nitrogen and oxygen atoms in total. The molecular formula is C14H20O3. The van der Waals surface area contributed by atoms with Crippen molar-refractivity contribution in [2.24, 2.45) is 0 Å². The summed E-state index contributed by atoms with van der Waals surface area (Å²) >= 11 is 0. The SMILES string of the molecule is CC1=C(C)C(C)(O)C(=O)C2=C1OC(C)(C)CC2. The summed E-state index contributed by atoms with van der Waals surface area (Å²) in [5.74, 6) is 0.487. The van der Waals surface area contributed by atoms with E-state index in [0.717, 1.165) is 12.0 Å². The zero-order valence-corrected chi connectivity index (χ0v) is 11.2. The quantitative estimate of drug-likeness (QED) is 0.703. The number of ketones is 1. The Balaban J connectivity index is 2.55. The van der Waals surface area contributed by atoms with Gasteiger partial charge in [0.2, 0.25) is 0 Å². The first-order chi connectivity index (χ1) is 7.67. The second kappa shape index (κ2) is 3.45. The molecule has 1 atom stereocenters. The zero-order chi connectivity index (χ0) is 13.0. The van der Waals surface area contributed by atoms with Gasteiger partial charge in [0, 0.05) is 5.57 Å². The van der Waals surface area contributed by atoms with E-state index in [9.17, 15) is 9.90 Å². The third-order valence-corrected chi connectivity index (χ3v) is 3.98. The minimum absolute atomic E-state index is 0.203. The van der Waals surface area contributed by atoms with E-state index < -0.39 is 5.60 Å². The molecule has 1 N–H and O–H groups in total. The molecule has 0 spiro atoms. The maximum absolute atomic E-state index is 12.2. The summed E-state index contributed by atoms with van der Waals surface area (Å²) in [6.07, 6.45) is 1.49. The number of rotatable bonds is 0. The van der Waals surface area contributed by atoms with Crippen molar-refractivity contribution in [3.8, 4) is 0 Å². The molecule has 0 aromatic rings. The molecule has 2 rings (SSSR count). The molecule has 2 aliphatic rings. The molecule has 17 heavy (non-hydrogen) atoms. The van der Waals surface area contributed by atoms with E-state index in [4.69, 9.17) is 4.74 Å². The number of aliphatic hydroxyl groups is 1. The Morgan fingerprint density at radius 2 is 1.82 bits per heavy atom. The Morgan fingerprint density at radius 3 is 2.41 bits per heavy atom. The predicted molar refractivity (Wildman–Crippen MR) is 65.4 cm³/mol. The molecule has 3 heteroatoms. The summed E-state index contributed by atoms with van der Waals surface area (Å²) in [6.45, 7) is 9.32. The first-order valence-corrected chi connectivity index (χ1v) is 6.04. The summed E-state index contributed by atoms with van der Waals surface area (Å²) in [4.78, 5) is 12.2. The van der Waals surface area contributed by atoms with E-state index in [-0.39, 0.29) is 11.4 Å². The molecule has 94 valence electrons. The van der Waals surface area contributed by atoms with Crippen LogP contribution < -0.4 is 0 Å². The molecule has 0 saturated heterocycles. The second-order valence-electron chi connectivity index (χ2n) is 5.82. The third-order valence-electron chi connectivity index (χ3n) is 3.98. The molecule has 0 aromatic heterocycles. The van der Waals surface area contributed by atoms with Crippen LogP contribution in [0.2, 0.25) is 0 Å². The van der Waals surface area contributed by atoms with E-state index >= 15 is 0 Å². The summed E-state index contributed by atoms with van der Waals surface area (Å²) in [5, 5.41) is 10.3. The van der Waals surface area contributed by atoms with Crippen LogP contribution in [0.3, 0.4) is 0 Å². The monoisotopic (exact) mass is 236 g/mol. The standard InChI is InChI=1S/C14H20O3/c1-8-9(2)14(5,16)12(15)10-6-7-13(3,4)17-11(8)10/h16H,6-7H2,1-5H3. The van der Waals surface area contributed by atoms with Crippen molar-refractivity contribution < 1.29 is 14.6 Å². The second-order valence-corrected chi connectivity index (χ2v) is 5.82. The van der Waals surface area contributed by atoms with Crippen molar-refractivity contribution in [1.82, 2.24) is 0 Å². The normalized spacial score (nSPS) is 32.5. The van der Waals surface area contributed by atoms with Gasteiger partial charge < -0.3 is 9.84 Å². The van der Waals surface area contributed by atoms with Gasteiger partial charge in [0.15, 0.2) is 5.78 Å². The van der Waals surface area contributed by atoms with Crippen LogP contribution in [-0.2, 0) is 9.53 Å². The highest BCUT2D eigenvalue weighted by Crippen LogP contribution is 2.42. The summed E-state index contributed by atoms with van der Waals surface area (Å²) in [6, 6.07) is 0. The lowest BCUT2D eigenvalue weighted by Crippen LogP contribution is -2.44. The van der Waals surface area contributed by atoms with E-state index in [1.807, 2.05) is 20.8 Å². The molecule has 1 heterocycles. The fourth-order valence-corrected chi connectivity index (χ4v) is 2.45. The number of carbonyl (C=O) groups is 1. The van der Waals surface area contributed by atoms with Crippen molar-refractivity contribution >= 4 is 5.78 Å². The highest BCUT2D eigenvalue weighted by atomic mass is 16.5. The molecule has 0 aromatic carbocycles. The van der Waals surface area contributed by atoms with E-state index in [1.54, 1.807) is 13.8 Å². The van der Waals surface area contributed by atoms with Crippen LogP contribution in [0.5, 0.6) is 0 Å². The van der Waals surface area contributed by atoms with Gasteiger partial charge in [-0.05, 0) is 58.6 Å². The Morgan fingerprint density at radius 1 is 1.24 bits per heavy atom. The van der Waals surface area contributed by atoms with Crippen molar-refractivity contribution in [2.45, 2.75) is 58.7 Å². The van der Waals surface area contributed by atoms with Gasteiger partial charge in [0.05, 0.1) is 0 Å². The van der Waals surface area contributed by atoms with Crippen LogP contribution >= 0.6 is 0 Å². The van der Waals surface area contributed by atoms with Crippen LogP contribution in [0.1, 0.15) is 47.5 Å². The van der Waals surface area contributed by atoms with Crippen LogP contribution in [-0.4, -0.2) is 22.1 Å². The van der Waals surface area contributed by atoms with Gasteiger partial charge in [-0.1, -0.05) is 0 Å². The highest BCUT2D eigenvalue weighted by molar-refractivity contribution is 6.06. The summed E-state index contributed by atoms with van der Waals surface area (Å²) in [7, 11) is 0. The Bertz CT molecular complexity index is 450. The predicted octanol–water partition coefficient (Wildman–Crippen LogP) is 2.50. The number of carbonyl (C=O) groups excluding carboxylic acids is 1. The molecule has 0 amide bonds. The topological polar surface area (TPSA) is 46.5 Å². The molecule has 0 fully saturated rings. The lowest BCUT2D eigenvalue weighted by atomic mass is 9.76. The van der Waals surface area contributed by atoms with Gasteiger partial charge in [-0.25, -0.2) is 0 Å². The maximum Gasteiger partial charge on any atom is 0.197 e. The van der Waals surface area contributed by atoms with Crippen LogP contribution in [0.25, 0.3) is 0 Å². The number of hydrogen-bond acceptors (Lipinski definition) is 3. The van der Waals surface area contributed by atoms with Crippen molar-refractivity contribution in [2.75, 3.05) is 0 Å². The molecule has 1 aliphatic carbocycles.